The van der Waals surface area contributed by atoms with Crippen molar-refractivity contribution in [3.05, 3.63) is 76.0 Å². The van der Waals surface area contributed by atoms with E-state index in [0.29, 0.717) is 5.69 Å². The molecule has 1 atom stereocenters. The van der Waals surface area contributed by atoms with Gasteiger partial charge in [0.2, 0.25) is 0 Å². The maximum Gasteiger partial charge on any atom is 0.357 e. The van der Waals surface area contributed by atoms with Gasteiger partial charge in [0.1, 0.15) is 5.69 Å². The second-order valence-electron chi connectivity index (χ2n) is 6.38. The zero-order valence-electron chi connectivity index (χ0n) is 15.7. The molecule has 1 heterocycles. The Bertz CT molecular complexity index is 1060. The SMILES string of the molecule is Cc1ccc(-c2cc(C(=O)OC(C)C(=O)Nc3cccc([N+](=O)[O-])c3)[nH]n2)cc1. The van der Waals surface area contributed by atoms with Gasteiger partial charge < -0.3 is 10.1 Å². The van der Waals surface area contributed by atoms with E-state index in [9.17, 15) is 19.7 Å². The fourth-order valence-electron chi connectivity index (χ4n) is 2.52. The van der Waals surface area contributed by atoms with Crippen molar-refractivity contribution < 1.29 is 19.2 Å². The van der Waals surface area contributed by atoms with E-state index in [1.807, 2.05) is 31.2 Å². The van der Waals surface area contributed by atoms with E-state index >= 15 is 0 Å². The normalized spacial score (nSPS) is 11.5. The van der Waals surface area contributed by atoms with Gasteiger partial charge in [-0.1, -0.05) is 35.9 Å². The number of nitro benzene ring substituents is 1. The summed E-state index contributed by atoms with van der Waals surface area (Å²) in [6.07, 6.45) is -1.12. The molecule has 0 bridgehead atoms. The number of aromatic nitrogens is 2. The van der Waals surface area contributed by atoms with Crippen LogP contribution in [0.1, 0.15) is 23.0 Å². The maximum absolute atomic E-state index is 12.3. The van der Waals surface area contributed by atoms with E-state index in [-0.39, 0.29) is 17.1 Å². The van der Waals surface area contributed by atoms with E-state index < -0.39 is 22.9 Å². The Kier molecular flexibility index (Phi) is 5.68. The molecule has 1 unspecified atom stereocenters. The number of amides is 1. The molecule has 9 heteroatoms. The van der Waals surface area contributed by atoms with Crippen molar-refractivity contribution in [2.24, 2.45) is 0 Å². The van der Waals surface area contributed by atoms with Gasteiger partial charge in [-0.15, -0.1) is 0 Å². The number of esters is 1. The van der Waals surface area contributed by atoms with Gasteiger partial charge in [-0.05, 0) is 26.0 Å². The molecule has 0 radical (unpaired) electrons. The van der Waals surface area contributed by atoms with Crippen LogP contribution in [0.2, 0.25) is 0 Å². The molecule has 0 aliphatic heterocycles. The minimum Gasteiger partial charge on any atom is -0.448 e. The van der Waals surface area contributed by atoms with Crippen LogP contribution in [-0.2, 0) is 9.53 Å². The van der Waals surface area contributed by atoms with Crippen molar-refractivity contribution in [2.45, 2.75) is 20.0 Å². The molecule has 0 aliphatic rings. The highest BCUT2D eigenvalue weighted by Gasteiger charge is 2.21. The summed E-state index contributed by atoms with van der Waals surface area (Å²) in [5.41, 5.74) is 2.69. The first-order chi connectivity index (χ1) is 13.8. The third-order valence-electron chi connectivity index (χ3n) is 4.12. The van der Waals surface area contributed by atoms with Gasteiger partial charge >= 0.3 is 5.97 Å². The number of benzene rings is 2. The zero-order valence-corrected chi connectivity index (χ0v) is 15.7. The average Bonchev–Trinajstić information content (AvgIpc) is 3.19. The second-order valence-corrected chi connectivity index (χ2v) is 6.38. The van der Waals surface area contributed by atoms with E-state index in [1.54, 1.807) is 0 Å². The van der Waals surface area contributed by atoms with Gasteiger partial charge in [0.05, 0.1) is 10.6 Å². The van der Waals surface area contributed by atoms with Crippen molar-refractivity contribution in [1.29, 1.82) is 0 Å². The standard InChI is InChI=1S/C20H18N4O5/c1-12-6-8-14(9-7-12)17-11-18(23-22-17)20(26)29-13(2)19(25)21-15-4-3-5-16(10-15)24(27)28/h3-11,13H,1-2H3,(H,21,25)(H,22,23). The summed E-state index contributed by atoms with van der Waals surface area (Å²) in [4.78, 5) is 34.8. The average molecular weight is 394 g/mol. The molecule has 3 aromatic rings. The Morgan fingerprint density at radius 1 is 1.17 bits per heavy atom. The highest BCUT2D eigenvalue weighted by Crippen LogP contribution is 2.20. The number of nitrogens with zero attached hydrogens (tertiary/aromatic N) is 2. The quantitative estimate of drug-likeness (QED) is 0.374. The van der Waals surface area contributed by atoms with Gasteiger partial charge in [0, 0.05) is 23.4 Å². The molecule has 29 heavy (non-hydrogen) atoms. The van der Waals surface area contributed by atoms with E-state index in [1.165, 1.54) is 37.3 Å². The fraction of sp³-hybridized carbons (Fsp3) is 0.150. The highest BCUT2D eigenvalue weighted by molar-refractivity contribution is 5.97. The van der Waals surface area contributed by atoms with Crippen molar-refractivity contribution >= 4 is 23.3 Å². The molecule has 0 spiro atoms. The third kappa shape index (κ3) is 4.83. The Morgan fingerprint density at radius 2 is 1.90 bits per heavy atom. The number of H-pyrrole nitrogens is 1. The number of carbonyl (C=O) groups is 2. The molecule has 1 aromatic heterocycles. The van der Waals surface area contributed by atoms with Gasteiger partial charge in [0.25, 0.3) is 11.6 Å². The van der Waals surface area contributed by atoms with Crippen molar-refractivity contribution in [1.82, 2.24) is 10.2 Å². The largest absolute Gasteiger partial charge is 0.448 e. The van der Waals surface area contributed by atoms with Crippen LogP contribution >= 0.6 is 0 Å². The molecular weight excluding hydrogens is 376 g/mol. The molecule has 0 saturated carbocycles. The zero-order chi connectivity index (χ0) is 21.0. The number of aryl methyl sites for hydroxylation is 1. The molecular formula is C20H18N4O5. The van der Waals surface area contributed by atoms with Crippen molar-refractivity contribution in [2.75, 3.05) is 5.32 Å². The minimum absolute atomic E-state index is 0.107. The number of aromatic amines is 1. The number of hydrogen-bond donors (Lipinski definition) is 2. The van der Waals surface area contributed by atoms with Gasteiger partial charge in [-0.2, -0.15) is 5.10 Å². The molecule has 3 rings (SSSR count). The molecule has 0 saturated heterocycles. The van der Waals surface area contributed by atoms with Crippen LogP contribution < -0.4 is 5.32 Å². The first kappa shape index (κ1) is 19.7. The van der Waals surface area contributed by atoms with E-state index in [4.69, 9.17) is 4.74 Å². The summed E-state index contributed by atoms with van der Waals surface area (Å²) >= 11 is 0. The van der Waals surface area contributed by atoms with Crippen LogP contribution in [0.25, 0.3) is 11.3 Å². The molecule has 9 nitrogen and oxygen atoms in total. The molecule has 2 aromatic carbocycles. The molecule has 1 amide bonds. The topological polar surface area (TPSA) is 127 Å². The van der Waals surface area contributed by atoms with Crippen molar-refractivity contribution in [3.8, 4) is 11.3 Å². The number of non-ortho nitro benzene ring substituents is 1. The lowest BCUT2D eigenvalue weighted by atomic mass is 10.1. The maximum atomic E-state index is 12.3. The lowest BCUT2D eigenvalue weighted by molar-refractivity contribution is -0.384. The van der Waals surface area contributed by atoms with Crippen molar-refractivity contribution in [3.63, 3.8) is 0 Å². The predicted octanol–water partition coefficient (Wildman–Crippen LogP) is 3.48. The first-order valence-electron chi connectivity index (χ1n) is 8.72. The Balaban J connectivity index is 1.63. The van der Waals surface area contributed by atoms with Gasteiger partial charge in [-0.25, -0.2) is 4.79 Å². The molecule has 0 aliphatic carbocycles. The van der Waals surface area contributed by atoms with Crippen LogP contribution in [0.5, 0.6) is 0 Å². The summed E-state index contributed by atoms with van der Waals surface area (Å²) in [6.45, 7) is 3.37. The lowest BCUT2D eigenvalue weighted by Gasteiger charge is -2.12. The number of anilines is 1. The fourth-order valence-corrected chi connectivity index (χ4v) is 2.52. The predicted molar refractivity (Wildman–Crippen MR) is 105 cm³/mol. The smallest absolute Gasteiger partial charge is 0.357 e. The number of rotatable bonds is 6. The number of nitrogens with one attached hydrogen (secondary N) is 2. The third-order valence-corrected chi connectivity index (χ3v) is 4.12. The number of nitro groups is 1. The number of carbonyl (C=O) groups excluding carboxylic acids is 2. The highest BCUT2D eigenvalue weighted by atomic mass is 16.6. The Hall–Kier alpha value is -4.01. The Labute approximate surface area is 165 Å². The lowest BCUT2D eigenvalue weighted by Crippen LogP contribution is -2.30. The second kappa shape index (κ2) is 8.34. The van der Waals surface area contributed by atoms with Crippen LogP contribution in [0.4, 0.5) is 11.4 Å². The summed E-state index contributed by atoms with van der Waals surface area (Å²) in [7, 11) is 0. The Morgan fingerprint density at radius 3 is 2.59 bits per heavy atom. The van der Waals surface area contributed by atoms with Gasteiger partial charge in [-0.3, -0.25) is 20.0 Å². The van der Waals surface area contributed by atoms with Crippen LogP contribution in [0, 0.1) is 17.0 Å². The number of hydrogen-bond acceptors (Lipinski definition) is 6. The minimum atomic E-state index is -1.12. The summed E-state index contributed by atoms with van der Waals surface area (Å²) < 4.78 is 5.16. The van der Waals surface area contributed by atoms with E-state index in [0.717, 1.165) is 11.1 Å². The van der Waals surface area contributed by atoms with Gasteiger partial charge in [0.15, 0.2) is 6.10 Å². The summed E-state index contributed by atoms with van der Waals surface area (Å²) in [5.74, 6) is -1.35. The first-order valence-corrected chi connectivity index (χ1v) is 8.72. The number of ether oxygens (including phenoxy) is 1. The molecule has 148 valence electrons. The molecule has 2 N–H and O–H groups in total. The monoisotopic (exact) mass is 394 g/mol. The molecule has 0 fully saturated rings. The van der Waals surface area contributed by atoms with Crippen LogP contribution in [0.3, 0.4) is 0 Å². The summed E-state index contributed by atoms with van der Waals surface area (Å²) in [5, 5.41) is 20.0. The summed E-state index contributed by atoms with van der Waals surface area (Å²) in [6, 6.07) is 14.6. The van der Waals surface area contributed by atoms with E-state index in [2.05, 4.69) is 15.5 Å². The van der Waals surface area contributed by atoms with Crippen LogP contribution in [0.15, 0.2) is 54.6 Å². The van der Waals surface area contributed by atoms with Crippen LogP contribution in [-0.4, -0.2) is 33.1 Å².